The van der Waals surface area contributed by atoms with E-state index in [1.807, 2.05) is 60.7 Å². The summed E-state index contributed by atoms with van der Waals surface area (Å²) in [7, 11) is 2.07. The van der Waals surface area contributed by atoms with E-state index in [4.69, 9.17) is 13.6 Å². The van der Waals surface area contributed by atoms with E-state index in [1.54, 1.807) is 6.20 Å². The molecule has 0 saturated heterocycles. The van der Waals surface area contributed by atoms with Gasteiger partial charge in [-0.2, -0.15) is 0 Å². The zero-order chi connectivity index (χ0) is 30.6. The molecule has 3 aromatic heterocycles. The minimum absolute atomic E-state index is 0.492. The van der Waals surface area contributed by atoms with Gasteiger partial charge in [0.2, 0.25) is 5.88 Å². The van der Waals surface area contributed by atoms with Crippen LogP contribution in [0.2, 0.25) is 0 Å². The number of hydrogen-bond donors (Lipinski definition) is 0. The molecule has 4 heterocycles. The Kier molecular flexibility index (Phi) is 5.96. The average molecular weight is 601 g/mol. The second-order valence-corrected chi connectivity index (χ2v) is 11.5. The van der Waals surface area contributed by atoms with Gasteiger partial charge in [-0.05, 0) is 48.5 Å². The highest BCUT2D eigenvalue weighted by Gasteiger charge is 2.24. The number of ether oxygens (including phenoxy) is 1. The maximum absolute atomic E-state index is 6.51. The van der Waals surface area contributed by atoms with Gasteiger partial charge in [-0.1, -0.05) is 60.7 Å². The van der Waals surface area contributed by atoms with E-state index in [9.17, 15) is 0 Å². The van der Waals surface area contributed by atoms with Gasteiger partial charge in [0.25, 0.3) is 0 Å². The summed E-state index contributed by atoms with van der Waals surface area (Å²) >= 11 is 0. The van der Waals surface area contributed by atoms with Crippen LogP contribution in [0, 0.1) is 0 Å². The minimum Gasteiger partial charge on any atom is -0.454 e. The number of benzene rings is 5. The first-order chi connectivity index (χ1) is 22.7. The third-order valence-corrected chi connectivity index (χ3v) is 8.44. The van der Waals surface area contributed by atoms with Crippen molar-refractivity contribution in [2.45, 2.75) is 0 Å². The maximum atomic E-state index is 6.51. The zero-order valence-corrected chi connectivity index (χ0v) is 25.0. The van der Waals surface area contributed by atoms with Crippen molar-refractivity contribution in [1.82, 2.24) is 9.88 Å². The van der Waals surface area contributed by atoms with Gasteiger partial charge in [-0.3, -0.25) is 0 Å². The van der Waals surface area contributed by atoms with Crippen LogP contribution < -0.4 is 14.5 Å². The number of hydrogen-bond acceptors (Lipinski definition) is 7. The molecule has 0 unspecified atom stereocenters. The Bertz CT molecular complexity index is 2410. The summed E-state index contributed by atoms with van der Waals surface area (Å²) in [4.78, 5) is 11.1. The quantitative estimate of drug-likeness (QED) is 0.188. The van der Waals surface area contributed by atoms with E-state index in [-0.39, 0.29) is 0 Å². The van der Waals surface area contributed by atoms with Crippen LogP contribution in [0.15, 0.2) is 149 Å². The lowest BCUT2D eigenvalue weighted by molar-refractivity contribution is 0.458. The highest BCUT2D eigenvalue weighted by atomic mass is 16.5. The number of pyridine rings is 1. The first kappa shape index (κ1) is 26.2. The molecular formula is C39H28N4O3. The Morgan fingerprint density at radius 1 is 0.630 bits per heavy atom. The van der Waals surface area contributed by atoms with Crippen molar-refractivity contribution in [3.05, 3.63) is 140 Å². The Balaban J connectivity index is 1.33. The molecule has 5 aromatic carbocycles. The van der Waals surface area contributed by atoms with Crippen molar-refractivity contribution in [2.24, 2.45) is 0 Å². The van der Waals surface area contributed by atoms with Crippen molar-refractivity contribution >= 4 is 66.6 Å². The van der Waals surface area contributed by atoms with Crippen molar-refractivity contribution in [1.29, 1.82) is 0 Å². The largest absolute Gasteiger partial charge is 0.454 e. The van der Waals surface area contributed by atoms with Gasteiger partial charge < -0.3 is 28.3 Å². The summed E-state index contributed by atoms with van der Waals surface area (Å²) < 4.78 is 19.3. The number of aromatic nitrogens is 1. The van der Waals surface area contributed by atoms with Gasteiger partial charge in [0.15, 0.2) is 16.9 Å². The van der Waals surface area contributed by atoms with Gasteiger partial charge in [0, 0.05) is 70.7 Å². The number of anilines is 4. The summed E-state index contributed by atoms with van der Waals surface area (Å²) in [5.74, 6) is 1.08. The molecule has 0 fully saturated rings. The van der Waals surface area contributed by atoms with Crippen molar-refractivity contribution in [3.63, 3.8) is 0 Å². The van der Waals surface area contributed by atoms with Crippen LogP contribution in [0.4, 0.5) is 22.7 Å². The molecule has 0 amide bonds. The van der Waals surface area contributed by atoms with Crippen LogP contribution in [0.1, 0.15) is 0 Å². The van der Waals surface area contributed by atoms with Crippen LogP contribution >= 0.6 is 0 Å². The maximum Gasteiger partial charge on any atom is 0.219 e. The molecule has 1 aliphatic heterocycles. The number of rotatable bonds is 6. The van der Waals surface area contributed by atoms with E-state index < -0.39 is 0 Å². The van der Waals surface area contributed by atoms with E-state index in [0.29, 0.717) is 17.2 Å². The summed E-state index contributed by atoms with van der Waals surface area (Å²) in [5, 5.41) is 4.09. The van der Waals surface area contributed by atoms with Crippen molar-refractivity contribution < 1.29 is 13.6 Å². The SMILES string of the molecule is CN1C=CN(c2cc(N(c3ccccc3)c3cc(Oc4ccccn4)c4oc5ccccc5c4c3)cc3c2oc2ccccc23)C1. The Hall–Kier alpha value is -6.21. The van der Waals surface area contributed by atoms with Crippen LogP contribution in [0.3, 0.4) is 0 Å². The number of nitrogens with zero attached hydrogens (tertiary/aromatic N) is 4. The first-order valence-corrected chi connectivity index (χ1v) is 15.2. The molecule has 0 saturated carbocycles. The van der Waals surface area contributed by atoms with E-state index in [0.717, 1.165) is 67.7 Å². The average Bonchev–Trinajstić information content (AvgIpc) is 3.81. The van der Waals surface area contributed by atoms with Gasteiger partial charge >= 0.3 is 0 Å². The lowest BCUT2D eigenvalue weighted by Crippen LogP contribution is -2.22. The fraction of sp³-hybridized carbons (Fsp3) is 0.0513. The standard InChI is InChI=1S/C39H28N4O3/c1-41-19-20-42(25-41)33-23-27(21-31-29-13-5-7-15-34(29)45-38(31)33)43(26-11-3-2-4-12-26)28-22-32-30-14-6-8-16-35(30)46-39(32)36(24-28)44-37-17-9-10-18-40-37/h2-24H,25H2,1H3. The topological polar surface area (TPSA) is 58.1 Å². The van der Waals surface area contributed by atoms with Gasteiger partial charge in [0.05, 0.1) is 18.0 Å². The highest BCUT2D eigenvalue weighted by molar-refractivity contribution is 6.12. The first-order valence-electron chi connectivity index (χ1n) is 15.2. The Morgan fingerprint density at radius 3 is 1.98 bits per heavy atom. The third-order valence-electron chi connectivity index (χ3n) is 8.44. The number of furan rings is 2. The molecule has 0 spiro atoms. The molecule has 0 aliphatic carbocycles. The molecule has 0 atom stereocenters. The van der Waals surface area contributed by atoms with E-state index >= 15 is 0 Å². The van der Waals surface area contributed by atoms with Gasteiger partial charge in [0.1, 0.15) is 11.2 Å². The van der Waals surface area contributed by atoms with Crippen LogP contribution in [-0.4, -0.2) is 23.6 Å². The fourth-order valence-electron chi connectivity index (χ4n) is 6.35. The lowest BCUT2D eigenvalue weighted by atomic mass is 10.1. The molecule has 222 valence electrons. The summed E-state index contributed by atoms with van der Waals surface area (Å²) in [6.45, 7) is 0.718. The minimum atomic E-state index is 0.492. The normalized spacial score (nSPS) is 13.1. The summed E-state index contributed by atoms with van der Waals surface area (Å²) in [5.41, 5.74) is 7.08. The van der Waals surface area contributed by atoms with E-state index in [2.05, 4.69) is 99.8 Å². The molecule has 1 aliphatic rings. The van der Waals surface area contributed by atoms with Crippen molar-refractivity contribution in [3.8, 4) is 11.6 Å². The van der Waals surface area contributed by atoms with E-state index in [1.165, 1.54) is 0 Å². The molecule has 46 heavy (non-hydrogen) atoms. The number of fused-ring (bicyclic) bond motifs is 6. The molecule has 9 rings (SSSR count). The van der Waals surface area contributed by atoms with Crippen LogP contribution in [0.25, 0.3) is 43.9 Å². The molecule has 0 bridgehead atoms. The summed E-state index contributed by atoms with van der Waals surface area (Å²) in [6, 6.07) is 41.0. The van der Waals surface area contributed by atoms with Gasteiger partial charge in [-0.25, -0.2) is 4.98 Å². The molecule has 8 aromatic rings. The molecule has 7 heteroatoms. The van der Waals surface area contributed by atoms with Crippen molar-refractivity contribution in [2.75, 3.05) is 23.5 Å². The predicted octanol–water partition coefficient (Wildman–Crippen LogP) is 10.3. The highest BCUT2D eigenvalue weighted by Crippen LogP contribution is 2.47. The molecule has 0 radical (unpaired) electrons. The molecule has 0 N–H and O–H groups in total. The number of para-hydroxylation sites is 3. The lowest BCUT2D eigenvalue weighted by Gasteiger charge is -2.28. The molecule has 7 nitrogen and oxygen atoms in total. The fourth-order valence-corrected chi connectivity index (χ4v) is 6.35. The molecular weight excluding hydrogens is 572 g/mol. The Labute approximate surface area is 264 Å². The second-order valence-electron chi connectivity index (χ2n) is 11.5. The monoisotopic (exact) mass is 600 g/mol. The third kappa shape index (κ3) is 4.32. The summed E-state index contributed by atoms with van der Waals surface area (Å²) in [6.07, 6.45) is 5.90. The van der Waals surface area contributed by atoms with Crippen LogP contribution in [-0.2, 0) is 0 Å². The zero-order valence-electron chi connectivity index (χ0n) is 25.0. The Morgan fingerprint density at radius 2 is 1.28 bits per heavy atom. The van der Waals surface area contributed by atoms with Crippen LogP contribution in [0.5, 0.6) is 11.6 Å². The predicted molar refractivity (Wildman–Crippen MR) is 184 cm³/mol. The smallest absolute Gasteiger partial charge is 0.219 e. The van der Waals surface area contributed by atoms with Gasteiger partial charge in [-0.15, -0.1) is 0 Å². The second kappa shape index (κ2) is 10.5.